The molecule has 0 saturated heterocycles. The standard InChI is InChI=1S/C9H16NO2.K/c1-6(11)9(10)7-2-4-8(12)5-3-7;/h7-9H,2-5,10H2,1H3;/q-1;+1. The van der Waals surface area contributed by atoms with Gasteiger partial charge in [-0.1, -0.05) is 12.8 Å². The van der Waals surface area contributed by atoms with Crippen LogP contribution in [0.15, 0.2) is 0 Å². The van der Waals surface area contributed by atoms with Crippen LogP contribution in [-0.2, 0) is 4.79 Å². The van der Waals surface area contributed by atoms with Gasteiger partial charge in [0, 0.05) is 0 Å². The van der Waals surface area contributed by atoms with Gasteiger partial charge in [-0.15, -0.1) is 6.10 Å². The van der Waals surface area contributed by atoms with Crippen LogP contribution in [0.4, 0.5) is 0 Å². The maximum atomic E-state index is 11.0. The molecular formula is C9H16KNO2. The van der Waals surface area contributed by atoms with E-state index in [1.165, 1.54) is 6.92 Å². The van der Waals surface area contributed by atoms with Crippen molar-refractivity contribution in [3.8, 4) is 0 Å². The summed E-state index contributed by atoms with van der Waals surface area (Å²) in [5.74, 6) is 0.303. The quantitative estimate of drug-likeness (QED) is 0.488. The van der Waals surface area contributed by atoms with E-state index in [4.69, 9.17) is 5.73 Å². The molecule has 1 fully saturated rings. The minimum absolute atomic E-state index is 0. The largest absolute Gasteiger partial charge is 1.00 e. The molecule has 13 heavy (non-hydrogen) atoms. The predicted octanol–water partition coefficient (Wildman–Crippen LogP) is -3.17. The maximum Gasteiger partial charge on any atom is 1.00 e. The van der Waals surface area contributed by atoms with E-state index in [0.29, 0.717) is 12.8 Å². The molecule has 0 heterocycles. The van der Waals surface area contributed by atoms with Gasteiger partial charge in [-0.3, -0.25) is 4.79 Å². The Labute approximate surface area is 122 Å². The molecule has 0 radical (unpaired) electrons. The fraction of sp³-hybridized carbons (Fsp3) is 0.889. The van der Waals surface area contributed by atoms with E-state index in [0.717, 1.165) is 12.8 Å². The zero-order chi connectivity index (χ0) is 9.14. The average Bonchev–Trinajstić information content (AvgIpc) is 2.04. The molecule has 1 unspecified atom stereocenters. The number of hydrogen-bond acceptors (Lipinski definition) is 3. The van der Waals surface area contributed by atoms with Crippen LogP contribution in [0.1, 0.15) is 32.6 Å². The summed E-state index contributed by atoms with van der Waals surface area (Å²) < 4.78 is 0. The van der Waals surface area contributed by atoms with E-state index >= 15 is 0 Å². The first-order chi connectivity index (χ1) is 5.61. The molecule has 0 aliphatic heterocycles. The maximum absolute atomic E-state index is 11.0. The van der Waals surface area contributed by atoms with Gasteiger partial charge >= 0.3 is 51.4 Å². The first kappa shape index (κ1) is 14.2. The van der Waals surface area contributed by atoms with Crippen LogP contribution >= 0.6 is 0 Å². The van der Waals surface area contributed by atoms with Gasteiger partial charge < -0.3 is 10.8 Å². The van der Waals surface area contributed by atoms with Gasteiger partial charge in [0.25, 0.3) is 0 Å². The van der Waals surface area contributed by atoms with Crippen molar-refractivity contribution in [1.82, 2.24) is 0 Å². The Bertz CT molecular complexity index is 167. The molecule has 1 aliphatic carbocycles. The molecule has 4 heteroatoms. The molecule has 0 aromatic rings. The van der Waals surface area contributed by atoms with Gasteiger partial charge in [0.05, 0.1) is 6.04 Å². The Morgan fingerprint density at radius 3 is 2.23 bits per heavy atom. The fourth-order valence-electron chi connectivity index (χ4n) is 1.78. The summed E-state index contributed by atoms with van der Waals surface area (Å²) in [6.45, 7) is 1.52. The Kier molecular flexibility index (Phi) is 7.29. The van der Waals surface area contributed by atoms with Gasteiger partial charge in [-0.2, -0.15) is 0 Å². The number of nitrogens with two attached hydrogens (primary N) is 1. The fourth-order valence-corrected chi connectivity index (χ4v) is 1.78. The number of Topliss-reactive ketones (excluding diaryl/α,β-unsaturated/α-hetero) is 1. The van der Waals surface area contributed by atoms with Gasteiger partial charge in [-0.25, -0.2) is 0 Å². The second-order valence-corrected chi connectivity index (χ2v) is 3.67. The molecule has 0 aromatic heterocycles. The first-order valence-corrected chi connectivity index (χ1v) is 4.53. The summed E-state index contributed by atoms with van der Waals surface area (Å²) in [5, 5.41) is 11.0. The summed E-state index contributed by atoms with van der Waals surface area (Å²) in [6.07, 6.45) is 2.61. The van der Waals surface area contributed by atoms with Crippen molar-refractivity contribution in [1.29, 1.82) is 0 Å². The van der Waals surface area contributed by atoms with Crippen LogP contribution in [-0.4, -0.2) is 17.9 Å². The topological polar surface area (TPSA) is 66.2 Å². The number of ketones is 1. The molecule has 1 saturated carbocycles. The van der Waals surface area contributed by atoms with Crippen molar-refractivity contribution in [2.24, 2.45) is 11.7 Å². The van der Waals surface area contributed by atoms with Gasteiger partial charge in [0.1, 0.15) is 5.78 Å². The molecule has 3 nitrogen and oxygen atoms in total. The molecule has 0 amide bonds. The van der Waals surface area contributed by atoms with Crippen molar-refractivity contribution < 1.29 is 61.3 Å². The Hall–Kier alpha value is 1.23. The van der Waals surface area contributed by atoms with Crippen LogP contribution < -0.4 is 62.2 Å². The smallest absolute Gasteiger partial charge is 0.852 e. The molecule has 1 rings (SSSR count). The van der Waals surface area contributed by atoms with Crippen molar-refractivity contribution >= 4 is 5.78 Å². The molecule has 1 atom stereocenters. The second kappa shape index (κ2) is 6.66. The predicted molar refractivity (Wildman–Crippen MR) is 44.4 cm³/mol. The molecular weight excluding hydrogens is 193 g/mol. The van der Waals surface area contributed by atoms with Crippen molar-refractivity contribution in [2.75, 3.05) is 0 Å². The third-order valence-corrected chi connectivity index (χ3v) is 2.70. The normalized spacial score (nSPS) is 30.4. The van der Waals surface area contributed by atoms with E-state index < -0.39 is 6.10 Å². The molecule has 2 N–H and O–H groups in total. The summed E-state index contributed by atoms with van der Waals surface area (Å²) >= 11 is 0. The minimum Gasteiger partial charge on any atom is -0.852 e. The summed E-state index contributed by atoms with van der Waals surface area (Å²) in [6, 6.07) is -0.336. The number of carbonyl (C=O) groups excluding carboxylic acids is 1. The second-order valence-electron chi connectivity index (χ2n) is 3.67. The first-order valence-electron chi connectivity index (χ1n) is 4.53. The third kappa shape index (κ3) is 4.51. The van der Waals surface area contributed by atoms with E-state index in [9.17, 15) is 9.90 Å². The monoisotopic (exact) mass is 209 g/mol. The zero-order valence-corrected chi connectivity index (χ0v) is 11.6. The van der Waals surface area contributed by atoms with Crippen molar-refractivity contribution in [3.05, 3.63) is 0 Å². The van der Waals surface area contributed by atoms with Gasteiger partial charge in [-0.05, 0) is 25.7 Å². The van der Waals surface area contributed by atoms with E-state index in [2.05, 4.69) is 0 Å². The molecule has 0 aromatic carbocycles. The number of rotatable bonds is 2. The van der Waals surface area contributed by atoms with Crippen LogP contribution in [0.25, 0.3) is 0 Å². The number of hydrogen-bond donors (Lipinski definition) is 1. The summed E-state index contributed by atoms with van der Waals surface area (Å²) in [7, 11) is 0. The van der Waals surface area contributed by atoms with E-state index in [1.54, 1.807) is 0 Å². The third-order valence-electron chi connectivity index (χ3n) is 2.70. The van der Waals surface area contributed by atoms with E-state index in [1.807, 2.05) is 0 Å². The van der Waals surface area contributed by atoms with Crippen LogP contribution in [0.5, 0.6) is 0 Å². The van der Waals surface area contributed by atoms with Crippen LogP contribution in [0, 0.1) is 5.92 Å². The Balaban J connectivity index is 0.00000144. The molecule has 1 aliphatic rings. The number of carbonyl (C=O) groups is 1. The van der Waals surface area contributed by atoms with Crippen LogP contribution in [0.2, 0.25) is 0 Å². The average molecular weight is 209 g/mol. The summed E-state index contributed by atoms with van der Waals surface area (Å²) in [5.41, 5.74) is 5.69. The summed E-state index contributed by atoms with van der Waals surface area (Å²) in [4.78, 5) is 10.9. The molecule has 70 valence electrons. The zero-order valence-electron chi connectivity index (χ0n) is 8.45. The molecule has 0 spiro atoms. The van der Waals surface area contributed by atoms with Crippen molar-refractivity contribution in [2.45, 2.75) is 44.8 Å². The SMILES string of the molecule is CC(=O)C(N)C1CCC([O-])CC1.[K+]. The Morgan fingerprint density at radius 2 is 1.85 bits per heavy atom. The van der Waals surface area contributed by atoms with E-state index in [-0.39, 0.29) is 69.1 Å². The molecule has 0 bridgehead atoms. The van der Waals surface area contributed by atoms with Gasteiger partial charge in [0.15, 0.2) is 0 Å². The minimum atomic E-state index is -0.416. The van der Waals surface area contributed by atoms with Crippen LogP contribution in [0.3, 0.4) is 0 Å². The van der Waals surface area contributed by atoms with Crippen molar-refractivity contribution in [3.63, 3.8) is 0 Å². The van der Waals surface area contributed by atoms with Gasteiger partial charge in [0.2, 0.25) is 0 Å². The Morgan fingerprint density at radius 1 is 1.38 bits per heavy atom.